The lowest BCUT2D eigenvalue weighted by atomic mass is 10.2. The number of amides is 2. The third-order valence-electron chi connectivity index (χ3n) is 4.70. The summed E-state index contributed by atoms with van der Waals surface area (Å²) in [5.74, 6) is -0.513. The minimum Gasteiger partial charge on any atom is -0.495 e. The van der Waals surface area contributed by atoms with E-state index in [1.807, 2.05) is 0 Å². The Morgan fingerprint density at radius 2 is 1.91 bits per heavy atom. The van der Waals surface area contributed by atoms with Crippen LogP contribution >= 0.6 is 11.6 Å². The zero-order chi connectivity index (χ0) is 22.9. The van der Waals surface area contributed by atoms with E-state index in [4.69, 9.17) is 21.1 Å². The summed E-state index contributed by atoms with van der Waals surface area (Å²) in [4.78, 5) is 15.4. The minimum absolute atomic E-state index is 0.0776. The molecule has 2 N–H and O–H groups in total. The van der Waals surface area contributed by atoms with E-state index in [1.54, 1.807) is 6.07 Å². The van der Waals surface area contributed by atoms with Crippen LogP contribution in [0.5, 0.6) is 17.2 Å². The Labute approximate surface area is 188 Å². The second-order valence-corrected chi connectivity index (χ2v) is 9.26. The molecule has 0 atom stereocenters. The summed E-state index contributed by atoms with van der Waals surface area (Å²) in [6, 6.07) is 9.32. The van der Waals surface area contributed by atoms with Crippen molar-refractivity contribution in [2.75, 3.05) is 12.4 Å². The maximum atomic E-state index is 14.8. The number of methoxy groups -OCH3 is 1. The third-order valence-corrected chi connectivity index (χ3v) is 6.64. The molecule has 4 rings (SSSR count). The number of benzene rings is 2. The van der Waals surface area contributed by atoms with Gasteiger partial charge in [0.25, 0.3) is 0 Å². The van der Waals surface area contributed by atoms with Crippen LogP contribution in [0, 0.1) is 5.82 Å². The fourth-order valence-electron chi connectivity index (χ4n) is 3.20. The van der Waals surface area contributed by atoms with Crippen molar-refractivity contribution in [3.05, 3.63) is 70.6 Å². The van der Waals surface area contributed by atoms with E-state index in [9.17, 15) is 17.6 Å². The van der Waals surface area contributed by atoms with Crippen LogP contribution in [0.1, 0.15) is 11.1 Å². The summed E-state index contributed by atoms with van der Waals surface area (Å²) in [5, 5.41) is 5.38. The number of aromatic nitrogens is 1. The van der Waals surface area contributed by atoms with Gasteiger partial charge in [0.05, 0.1) is 25.0 Å². The fourth-order valence-corrected chi connectivity index (χ4v) is 4.97. The lowest BCUT2D eigenvalue weighted by Gasteiger charge is -2.20. The average Bonchev–Trinajstić information content (AvgIpc) is 2.75. The van der Waals surface area contributed by atoms with Gasteiger partial charge in [0.15, 0.2) is 21.4 Å². The second kappa shape index (κ2) is 8.64. The van der Waals surface area contributed by atoms with Gasteiger partial charge in [-0.25, -0.2) is 22.6 Å². The minimum atomic E-state index is -3.86. The summed E-state index contributed by atoms with van der Waals surface area (Å²) in [7, 11) is -2.50. The first-order valence-corrected chi connectivity index (χ1v) is 11.3. The Hall–Kier alpha value is -3.37. The molecule has 0 saturated heterocycles. The van der Waals surface area contributed by atoms with Crippen LogP contribution in [-0.2, 0) is 22.1 Å². The molecule has 32 heavy (non-hydrogen) atoms. The summed E-state index contributed by atoms with van der Waals surface area (Å²) in [6.45, 7) is 0.170. The summed E-state index contributed by atoms with van der Waals surface area (Å²) >= 11 is 5.94. The molecule has 0 saturated carbocycles. The number of urea groups is 1. The van der Waals surface area contributed by atoms with Crippen molar-refractivity contribution in [3.8, 4) is 17.2 Å². The number of carbonyl (C=O) groups is 1. The Morgan fingerprint density at radius 3 is 2.66 bits per heavy atom. The number of halogens is 2. The zero-order valence-corrected chi connectivity index (χ0v) is 18.3. The second-order valence-electron chi connectivity index (χ2n) is 6.87. The maximum Gasteiger partial charge on any atom is 0.320 e. The number of anilines is 1. The molecule has 0 spiro atoms. The van der Waals surface area contributed by atoms with Gasteiger partial charge in [-0.2, -0.15) is 0 Å². The number of carbonyl (C=O) groups excluding carboxylic acids is 1. The summed E-state index contributed by atoms with van der Waals surface area (Å²) in [5.41, 5.74) is 0.786. The number of sulfone groups is 1. The van der Waals surface area contributed by atoms with E-state index in [0.29, 0.717) is 17.1 Å². The number of nitrogens with one attached hydrogen (secondary N) is 2. The highest BCUT2D eigenvalue weighted by atomic mass is 35.5. The quantitative estimate of drug-likeness (QED) is 0.548. The first kappa shape index (κ1) is 21.8. The van der Waals surface area contributed by atoms with Gasteiger partial charge in [-0.05, 0) is 42.0 Å². The van der Waals surface area contributed by atoms with Crippen LogP contribution in [0.2, 0.25) is 5.02 Å². The van der Waals surface area contributed by atoms with Gasteiger partial charge >= 0.3 is 6.03 Å². The highest BCUT2D eigenvalue weighted by molar-refractivity contribution is 7.90. The Kier molecular flexibility index (Phi) is 5.90. The molecule has 1 aliphatic heterocycles. The van der Waals surface area contributed by atoms with Gasteiger partial charge in [-0.1, -0.05) is 17.7 Å². The molecular weight excluding hydrogens is 461 g/mol. The zero-order valence-electron chi connectivity index (χ0n) is 16.7. The van der Waals surface area contributed by atoms with Gasteiger partial charge in [-0.15, -0.1) is 0 Å². The molecule has 1 aromatic heterocycles. The third kappa shape index (κ3) is 4.46. The first-order chi connectivity index (χ1) is 15.3. The van der Waals surface area contributed by atoms with E-state index in [0.717, 1.165) is 6.07 Å². The average molecular weight is 478 g/mol. The SMILES string of the molecule is COc1ccc(Cl)cc1S(=O)(=O)Cc1ccc(Oc2ccnc3c2CNC(=O)N3)c(F)c1. The van der Waals surface area contributed by atoms with Crippen molar-refractivity contribution in [2.24, 2.45) is 0 Å². The molecule has 8 nitrogen and oxygen atoms in total. The number of ether oxygens (including phenoxy) is 2. The number of fused-ring (bicyclic) bond motifs is 1. The van der Waals surface area contributed by atoms with E-state index >= 15 is 0 Å². The molecule has 0 radical (unpaired) electrons. The molecule has 1 aliphatic rings. The fraction of sp³-hybridized carbons (Fsp3) is 0.143. The largest absolute Gasteiger partial charge is 0.495 e. The van der Waals surface area contributed by atoms with Gasteiger partial charge < -0.3 is 14.8 Å². The predicted octanol–water partition coefficient (Wildman–Crippen LogP) is 4.28. The van der Waals surface area contributed by atoms with Crippen molar-refractivity contribution < 1.29 is 27.1 Å². The van der Waals surface area contributed by atoms with Gasteiger partial charge in [-0.3, -0.25) is 5.32 Å². The van der Waals surface area contributed by atoms with Crippen LogP contribution in [0.3, 0.4) is 0 Å². The Bertz CT molecular complexity index is 1320. The van der Waals surface area contributed by atoms with Gasteiger partial charge in [0.1, 0.15) is 22.2 Å². The monoisotopic (exact) mass is 477 g/mol. The molecular formula is C21H17ClFN3O5S. The standard InChI is InChI=1S/C21H17ClFN3O5S/c1-30-18-5-3-13(22)9-19(18)32(28,29)11-12-2-4-17(15(23)8-12)31-16-6-7-24-20-14(16)10-25-21(27)26-20/h2-9H,10-11H2,1H3,(H2,24,25,26,27). The topological polar surface area (TPSA) is 107 Å². The smallest absolute Gasteiger partial charge is 0.320 e. The number of nitrogens with zero attached hydrogens (tertiary/aromatic N) is 1. The van der Waals surface area contributed by atoms with Crippen LogP contribution in [-0.4, -0.2) is 26.5 Å². The molecule has 166 valence electrons. The summed E-state index contributed by atoms with van der Waals surface area (Å²) in [6.07, 6.45) is 1.43. The van der Waals surface area contributed by atoms with Crippen LogP contribution < -0.4 is 20.1 Å². The van der Waals surface area contributed by atoms with E-state index in [2.05, 4.69) is 15.6 Å². The van der Waals surface area contributed by atoms with Gasteiger partial charge in [0, 0.05) is 11.2 Å². The van der Waals surface area contributed by atoms with E-state index in [1.165, 1.54) is 43.6 Å². The Balaban J connectivity index is 1.58. The van der Waals surface area contributed by atoms with Crippen LogP contribution in [0.15, 0.2) is 53.6 Å². The number of hydrogen-bond donors (Lipinski definition) is 2. The number of hydrogen-bond acceptors (Lipinski definition) is 6. The summed E-state index contributed by atoms with van der Waals surface area (Å²) < 4.78 is 51.3. The van der Waals surface area contributed by atoms with Gasteiger partial charge in [0.2, 0.25) is 0 Å². The predicted molar refractivity (Wildman–Crippen MR) is 115 cm³/mol. The van der Waals surface area contributed by atoms with Crippen molar-refractivity contribution in [2.45, 2.75) is 17.2 Å². The molecule has 0 fully saturated rings. The van der Waals surface area contributed by atoms with Crippen molar-refractivity contribution in [1.29, 1.82) is 0 Å². The molecule has 2 heterocycles. The first-order valence-electron chi connectivity index (χ1n) is 9.32. The molecule has 0 unspecified atom stereocenters. The lowest BCUT2D eigenvalue weighted by Crippen LogP contribution is -2.34. The number of rotatable bonds is 6. The highest BCUT2D eigenvalue weighted by Gasteiger charge is 2.23. The molecule has 0 aliphatic carbocycles. The molecule has 11 heteroatoms. The van der Waals surface area contributed by atoms with Crippen molar-refractivity contribution >= 4 is 33.3 Å². The van der Waals surface area contributed by atoms with E-state index < -0.39 is 27.4 Å². The maximum absolute atomic E-state index is 14.8. The van der Waals surface area contributed by atoms with Crippen molar-refractivity contribution in [3.63, 3.8) is 0 Å². The molecule has 3 aromatic rings. The normalized spacial score (nSPS) is 13.0. The number of pyridine rings is 1. The highest BCUT2D eigenvalue weighted by Crippen LogP contribution is 2.33. The molecule has 2 aromatic carbocycles. The molecule has 0 bridgehead atoms. The van der Waals surface area contributed by atoms with E-state index in [-0.39, 0.29) is 33.5 Å². The lowest BCUT2D eigenvalue weighted by molar-refractivity contribution is 0.250. The van der Waals surface area contributed by atoms with Crippen LogP contribution in [0.25, 0.3) is 0 Å². The molecule has 2 amide bonds. The Morgan fingerprint density at radius 1 is 1.12 bits per heavy atom. The van der Waals surface area contributed by atoms with Crippen molar-refractivity contribution in [1.82, 2.24) is 10.3 Å². The van der Waals surface area contributed by atoms with Crippen LogP contribution in [0.4, 0.5) is 15.0 Å².